The summed E-state index contributed by atoms with van der Waals surface area (Å²) in [6.45, 7) is 18.7. The fourth-order valence-corrected chi connectivity index (χ4v) is 6.66. The minimum Gasteiger partial charge on any atom is -0.422 e. The Balaban J connectivity index is 2.46. The summed E-state index contributed by atoms with van der Waals surface area (Å²) in [7, 11) is 0.786. The molecule has 0 spiro atoms. The van der Waals surface area contributed by atoms with Crippen LogP contribution in [-0.4, -0.2) is 16.1 Å². The van der Waals surface area contributed by atoms with Gasteiger partial charge in [0.1, 0.15) is 10.5 Å². The molecule has 160 valence electrons. The Hall–Kier alpha value is -0.803. The molecule has 1 aromatic rings. The second-order valence-electron chi connectivity index (χ2n) is 11.5. The van der Waals surface area contributed by atoms with Crippen LogP contribution < -0.4 is 5.73 Å². The zero-order chi connectivity index (χ0) is 21.3. The number of nitrogens with two attached hydrogens (primary N) is 1. The van der Waals surface area contributed by atoms with Gasteiger partial charge in [0, 0.05) is 5.69 Å². The third kappa shape index (κ3) is 4.84. The van der Waals surface area contributed by atoms with Crippen LogP contribution in [0.2, 0.25) is 0 Å². The average molecular weight is 404 g/mol. The van der Waals surface area contributed by atoms with E-state index in [9.17, 15) is 0 Å². The summed E-state index contributed by atoms with van der Waals surface area (Å²) < 4.78 is 6.52. The summed E-state index contributed by atoms with van der Waals surface area (Å²) in [4.78, 5) is 0. The summed E-state index contributed by atoms with van der Waals surface area (Å²) in [5.74, 6) is 1.51. The first kappa shape index (κ1) is 23.5. The standard InChI is InChI=1S/C25H45NOSi/c1-17(18-14-15-20(21(26)16-18)23(2,3)4)22(24(5,6)7)25(8,27-28)19-12-10-9-11-13-19/h14-17,19,22H,9-13,26H2,1-8,28H3. The van der Waals surface area contributed by atoms with Crippen LogP contribution in [0.15, 0.2) is 18.2 Å². The van der Waals surface area contributed by atoms with Crippen LogP contribution in [0.4, 0.5) is 5.69 Å². The van der Waals surface area contributed by atoms with Crippen molar-refractivity contribution >= 4 is 16.2 Å². The second-order valence-corrected chi connectivity index (χ2v) is 11.9. The smallest absolute Gasteiger partial charge is 0.146 e. The van der Waals surface area contributed by atoms with Crippen molar-refractivity contribution in [3.8, 4) is 0 Å². The maximum absolute atomic E-state index is 6.52. The van der Waals surface area contributed by atoms with Gasteiger partial charge < -0.3 is 10.2 Å². The molecule has 1 aliphatic carbocycles. The lowest BCUT2D eigenvalue weighted by Gasteiger charge is -2.52. The zero-order valence-corrected chi connectivity index (χ0v) is 22.0. The second kappa shape index (κ2) is 8.51. The van der Waals surface area contributed by atoms with Crippen molar-refractivity contribution < 1.29 is 4.43 Å². The van der Waals surface area contributed by atoms with E-state index < -0.39 is 0 Å². The summed E-state index contributed by atoms with van der Waals surface area (Å²) in [6.07, 6.45) is 6.70. The minimum atomic E-state index is -0.0677. The molecule has 2 N–H and O–H groups in total. The van der Waals surface area contributed by atoms with Crippen molar-refractivity contribution in [1.82, 2.24) is 0 Å². The fraction of sp³-hybridized carbons (Fsp3) is 0.760. The Morgan fingerprint density at radius 1 is 1.00 bits per heavy atom. The molecule has 2 rings (SSSR count). The van der Waals surface area contributed by atoms with Gasteiger partial charge in [-0.1, -0.05) is 79.9 Å². The van der Waals surface area contributed by atoms with E-state index in [1.165, 1.54) is 43.2 Å². The van der Waals surface area contributed by atoms with Gasteiger partial charge in [-0.15, -0.1) is 0 Å². The molecule has 2 nitrogen and oxygen atoms in total. The zero-order valence-electron chi connectivity index (χ0n) is 20.0. The lowest BCUT2D eigenvalue weighted by molar-refractivity contribution is -0.0853. The maximum Gasteiger partial charge on any atom is 0.146 e. The monoisotopic (exact) mass is 403 g/mol. The van der Waals surface area contributed by atoms with E-state index in [1.807, 2.05) is 0 Å². The number of hydrogen-bond acceptors (Lipinski definition) is 2. The van der Waals surface area contributed by atoms with Gasteiger partial charge in [-0.3, -0.25) is 0 Å². The van der Waals surface area contributed by atoms with Crippen molar-refractivity contribution in [3.63, 3.8) is 0 Å². The third-order valence-corrected chi connectivity index (χ3v) is 8.20. The highest BCUT2D eigenvalue weighted by Crippen LogP contribution is 2.51. The Kier molecular flexibility index (Phi) is 7.14. The molecule has 0 amide bonds. The average Bonchev–Trinajstić information content (AvgIpc) is 2.60. The SMILES string of the molecule is CC(c1ccc(C(C)(C)C)c(N)c1)C(C(C)(C)C)C(C)(O[SiH3])C1CCCCC1. The highest BCUT2D eigenvalue weighted by atomic mass is 28.2. The molecule has 0 bridgehead atoms. The molecule has 1 aliphatic rings. The van der Waals surface area contributed by atoms with Crippen LogP contribution in [0, 0.1) is 17.3 Å². The van der Waals surface area contributed by atoms with Crippen molar-refractivity contribution in [1.29, 1.82) is 0 Å². The Bertz CT molecular complexity index is 651. The molecule has 3 heteroatoms. The predicted octanol–water partition coefficient (Wildman–Crippen LogP) is 5.97. The normalized spacial score (nSPS) is 21.3. The van der Waals surface area contributed by atoms with Gasteiger partial charge in [0.25, 0.3) is 0 Å². The van der Waals surface area contributed by atoms with E-state index in [4.69, 9.17) is 10.2 Å². The molecule has 3 unspecified atom stereocenters. The minimum absolute atomic E-state index is 0.0677. The summed E-state index contributed by atoms with van der Waals surface area (Å²) in [5.41, 5.74) is 10.2. The Morgan fingerprint density at radius 2 is 1.57 bits per heavy atom. The number of benzene rings is 1. The van der Waals surface area contributed by atoms with Crippen molar-refractivity contribution in [3.05, 3.63) is 29.3 Å². The van der Waals surface area contributed by atoms with Crippen molar-refractivity contribution in [2.24, 2.45) is 17.3 Å². The molecule has 1 fully saturated rings. The first-order chi connectivity index (χ1) is 12.8. The molecule has 0 aliphatic heterocycles. The van der Waals surface area contributed by atoms with Gasteiger partial charge in [-0.05, 0) is 65.5 Å². The molecule has 1 saturated carbocycles. The third-order valence-electron chi connectivity index (χ3n) is 7.32. The molecule has 0 saturated heterocycles. The maximum atomic E-state index is 6.52. The first-order valence-corrected chi connectivity index (χ1v) is 12.1. The lowest BCUT2D eigenvalue weighted by atomic mass is 9.58. The van der Waals surface area contributed by atoms with Crippen LogP contribution >= 0.6 is 0 Å². The van der Waals surface area contributed by atoms with Gasteiger partial charge >= 0.3 is 0 Å². The topological polar surface area (TPSA) is 35.2 Å². The Labute approximate surface area is 177 Å². The molecule has 28 heavy (non-hydrogen) atoms. The van der Waals surface area contributed by atoms with Crippen LogP contribution in [0.25, 0.3) is 0 Å². The van der Waals surface area contributed by atoms with Crippen LogP contribution in [0.3, 0.4) is 0 Å². The van der Waals surface area contributed by atoms with E-state index in [2.05, 4.69) is 73.6 Å². The lowest BCUT2D eigenvalue weighted by Crippen LogP contribution is -2.52. The number of anilines is 1. The molecular weight excluding hydrogens is 358 g/mol. The van der Waals surface area contributed by atoms with Gasteiger partial charge in [-0.2, -0.15) is 0 Å². The fourth-order valence-electron chi connectivity index (χ4n) is 6.07. The van der Waals surface area contributed by atoms with E-state index in [0.717, 1.165) is 16.2 Å². The van der Waals surface area contributed by atoms with Crippen molar-refractivity contribution in [2.75, 3.05) is 5.73 Å². The largest absolute Gasteiger partial charge is 0.422 e. The van der Waals surface area contributed by atoms with E-state index in [0.29, 0.717) is 17.8 Å². The molecule has 0 radical (unpaired) electrons. The summed E-state index contributed by atoms with van der Waals surface area (Å²) in [6, 6.07) is 6.80. The van der Waals surface area contributed by atoms with E-state index in [-0.39, 0.29) is 16.4 Å². The van der Waals surface area contributed by atoms with E-state index in [1.54, 1.807) is 0 Å². The predicted molar refractivity (Wildman–Crippen MR) is 127 cm³/mol. The molecule has 1 aromatic carbocycles. The highest BCUT2D eigenvalue weighted by molar-refractivity contribution is 5.98. The molecule has 0 heterocycles. The van der Waals surface area contributed by atoms with E-state index >= 15 is 0 Å². The van der Waals surface area contributed by atoms with Gasteiger partial charge in [0.05, 0.1) is 5.60 Å². The molecule has 3 atom stereocenters. The van der Waals surface area contributed by atoms with Gasteiger partial charge in [0.2, 0.25) is 0 Å². The van der Waals surface area contributed by atoms with Gasteiger partial charge in [-0.25, -0.2) is 0 Å². The summed E-state index contributed by atoms with van der Waals surface area (Å²) in [5, 5.41) is 0. The number of hydrogen-bond donors (Lipinski definition) is 1. The molecule has 0 aromatic heterocycles. The van der Waals surface area contributed by atoms with Gasteiger partial charge in [0.15, 0.2) is 0 Å². The van der Waals surface area contributed by atoms with Crippen LogP contribution in [0.5, 0.6) is 0 Å². The van der Waals surface area contributed by atoms with Crippen LogP contribution in [-0.2, 0) is 9.84 Å². The summed E-state index contributed by atoms with van der Waals surface area (Å²) >= 11 is 0. The first-order valence-electron chi connectivity index (χ1n) is 11.3. The molecular formula is C25H45NOSi. The quantitative estimate of drug-likeness (QED) is 0.485. The number of rotatable bonds is 5. The van der Waals surface area contributed by atoms with Crippen molar-refractivity contribution in [2.45, 2.75) is 104 Å². The number of nitrogen functional groups attached to an aromatic ring is 1. The highest BCUT2D eigenvalue weighted by Gasteiger charge is 2.49. The van der Waals surface area contributed by atoms with Crippen LogP contribution in [0.1, 0.15) is 105 Å². The Morgan fingerprint density at radius 3 is 2.00 bits per heavy atom.